The first kappa shape index (κ1) is 17.1. The first-order valence-corrected chi connectivity index (χ1v) is 9.77. The number of rotatable bonds is 2. The van der Waals surface area contributed by atoms with Crippen molar-refractivity contribution in [2.75, 3.05) is 13.1 Å². The van der Waals surface area contributed by atoms with Crippen LogP contribution in [0, 0.1) is 0 Å². The van der Waals surface area contributed by atoms with Gasteiger partial charge in [-0.3, -0.25) is 9.48 Å². The Morgan fingerprint density at radius 2 is 1.96 bits per heavy atom. The van der Waals surface area contributed by atoms with Crippen LogP contribution in [0.25, 0.3) is 11.3 Å². The average molecular weight is 377 g/mol. The van der Waals surface area contributed by atoms with Crippen molar-refractivity contribution >= 4 is 5.91 Å². The van der Waals surface area contributed by atoms with Crippen LogP contribution in [0.15, 0.2) is 53.5 Å². The maximum atomic E-state index is 12.7. The van der Waals surface area contributed by atoms with Crippen LogP contribution in [0.3, 0.4) is 0 Å². The number of carbonyl (C=O) groups is 1. The largest absolute Gasteiger partial charge is 0.482 e. The lowest BCUT2D eigenvalue weighted by Crippen LogP contribution is -2.49. The molecule has 0 unspecified atom stereocenters. The van der Waals surface area contributed by atoms with E-state index in [9.17, 15) is 4.79 Å². The minimum Gasteiger partial charge on any atom is -0.482 e. The molecule has 4 heterocycles. The van der Waals surface area contributed by atoms with Crippen molar-refractivity contribution in [2.24, 2.45) is 0 Å². The topological polar surface area (TPSA) is 60.5 Å². The highest BCUT2D eigenvalue weighted by molar-refractivity contribution is 5.93. The maximum Gasteiger partial charge on any atom is 0.257 e. The van der Waals surface area contributed by atoms with Gasteiger partial charge in [-0.2, -0.15) is 5.10 Å². The Hall–Kier alpha value is -3.02. The average Bonchev–Trinajstić information content (AvgIpc) is 3.39. The Morgan fingerprint density at radius 1 is 1.18 bits per heavy atom. The second-order valence-electron chi connectivity index (χ2n) is 7.84. The zero-order valence-corrected chi connectivity index (χ0v) is 16.1. The van der Waals surface area contributed by atoms with Gasteiger partial charge in [-0.25, -0.2) is 0 Å². The van der Waals surface area contributed by atoms with E-state index < -0.39 is 5.60 Å². The van der Waals surface area contributed by atoms with Gasteiger partial charge in [-0.05, 0) is 32.0 Å². The number of carbonyl (C=O) groups excluding carboxylic acids is 1. The minimum absolute atomic E-state index is 0.0120. The highest BCUT2D eigenvalue weighted by Gasteiger charge is 2.46. The number of hydrogen-bond donors (Lipinski definition) is 0. The van der Waals surface area contributed by atoms with E-state index in [1.165, 1.54) is 12.5 Å². The highest BCUT2D eigenvalue weighted by atomic mass is 16.5. The van der Waals surface area contributed by atoms with Gasteiger partial charge in [0.2, 0.25) is 0 Å². The van der Waals surface area contributed by atoms with E-state index in [1.807, 2.05) is 29.3 Å². The molecule has 28 heavy (non-hydrogen) atoms. The molecule has 1 saturated heterocycles. The van der Waals surface area contributed by atoms with Crippen molar-refractivity contribution in [3.8, 4) is 17.0 Å². The highest BCUT2D eigenvalue weighted by Crippen LogP contribution is 2.50. The maximum absolute atomic E-state index is 12.7. The van der Waals surface area contributed by atoms with Crippen LogP contribution in [-0.4, -0.2) is 33.7 Å². The molecule has 5 rings (SSSR count). The fourth-order valence-electron chi connectivity index (χ4n) is 4.38. The summed E-state index contributed by atoms with van der Waals surface area (Å²) in [5.74, 6) is 0.907. The van der Waals surface area contributed by atoms with Gasteiger partial charge in [0, 0.05) is 43.1 Å². The van der Waals surface area contributed by atoms with Gasteiger partial charge in [-0.15, -0.1) is 0 Å². The lowest BCUT2D eigenvalue weighted by Gasteiger charge is -2.44. The number of para-hydroxylation sites is 1. The van der Waals surface area contributed by atoms with E-state index in [4.69, 9.17) is 9.15 Å². The summed E-state index contributed by atoms with van der Waals surface area (Å²) in [5.41, 5.74) is 3.52. The predicted molar refractivity (Wildman–Crippen MR) is 104 cm³/mol. The van der Waals surface area contributed by atoms with Gasteiger partial charge in [0.1, 0.15) is 17.6 Å². The molecule has 6 heteroatoms. The number of piperidine rings is 1. The van der Waals surface area contributed by atoms with Gasteiger partial charge in [0.15, 0.2) is 0 Å². The summed E-state index contributed by atoms with van der Waals surface area (Å²) in [6.07, 6.45) is 6.47. The van der Waals surface area contributed by atoms with Gasteiger partial charge >= 0.3 is 0 Å². The predicted octanol–water partition coefficient (Wildman–Crippen LogP) is 4.25. The van der Waals surface area contributed by atoms with Crippen molar-refractivity contribution in [3.05, 3.63) is 60.2 Å². The summed E-state index contributed by atoms with van der Waals surface area (Å²) in [5, 5.41) is 4.68. The smallest absolute Gasteiger partial charge is 0.257 e. The third-order valence-electron chi connectivity index (χ3n) is 5.85. The Morgan fingerprint density at radius 3 is 2.68 bits per heavy atom. The zero-order chi connectivity index (χ0) is 19.3. The van der Waals surface area contributed by atoms with Gasteiger partial charge in [0.25, 0.3) is 5.91 Å². The van der Waals surface area contributed by atoms with Crippen LogP contribution in [0.4, 0.5) is 0 Å². The second-order valence-corrected chi connectivity index (χ2v) is 7.84. The summed E-state index contributed by atoms with van der Waals surface area (Å²) in [4.78, 5) is 14.6. The molecule has 2 aliphatic rings. The van der Waals surface area contributed by atoms with Crippen LogP contribution >= 0.6 is 0 Å². The van der Waals surface area contributed by atoms with E-state index in [1.54, 1.807) is 6.07 Å². The quantitative estimate of drug-likeness (QED) is 0.670. The zero-order valence-electron chi connectivity index (χ0n) is 16.1. The van der Waals surface area contributed by atoms with Crippen molar-refractivity contribution in [3.63, 3.8) is 0 Å². The lowest BCUT2D eigenvalue weighted by atomic mass is 9.81. The molecule has 1 fully saturated rings. The van der Waals surface area contributed by atoms with Gasteiger partial charge in [0.05, 0.1) is 23.7 Å². The summed E-state index contributed by atoms with van der Waals surface area (Å²) in [6, 6.07) is 10.1. The molecule has 0 N–H and O–H groups in total. The molecular weight excluding hydrogens is 354 g/mol. The van der Waals surface area contributed by atoms with Crippen molar-refractivity contribution < 1.29 is 13.9 Å². The summed E-state index contributed by atoms with van der Waals surface area (Å²) < 4.78 is 13.7. The molecule has 2 aromatic heterocycles. The van der Waals surface area contributed by atoms with E-state index in [-0.39, 0.29) is 11.9 Å². The first-order valence-electron chi connectivity index (χ1n) is 9.77. The van der Waals surface area contributed by atoms with E-state index in [2.05, 4.69) is 29.7 Å². The number of amides is 1. The Kier molecular flexibility index (Phi) is 3.82. The molecule has 2 aliphatic heterocycles. The van der Waals surface area contributed by atoms with Gasteiger partial charge < -0.3 is 14.1 Å². The van der Waals surface area contributed by atoms with Gasteiger partial charge in [-0.1, -0.05) is 12.1 Å². The van der Waals surface area contributed by atoms with Crippen LogP contribution in [0.5, 0.6) is 5.75 Å². The molecule has 0 saturated carbocycles. The third kappa shape index (κ3) is 2.47. The summed E-state index contributed by atoms with van der Waals surface area (Å²) in [7, 11) is 0. The molecule has 0 atom stereocenters. The monoisotopic (exact) mass is 377 g/mol. The Labute approximate surface area is 163 Å². The molecule has 0 radical (unpaired) electrons. The fraction of sp³-hybridized carbons (Fsp3) is 0.364. The summed E-state index contributed by atoms with van der Waals surface area (Å²) in [6.45, 7) is 5.56. The molecule has 1 spiro atoms. The molecule has 3 aromatic rings. The standard InChI is InChI=1S/C22H23N3O3/c1-15(2)25-20-17-5-3-4-6-19(17)28-22(18(20)13-23-25)8-10-24(11-9-22)21(26)16-7-12-27-14-16/h3-7,12-15H,8-11H2,1-2H3. The SMILES string of the molecule is CC(C)n1ncc2c1-c1ccccc1OC21CCN(C(=O)c2ccoc2)CC1. The molecule has 1 aromatic carbocycles. The lowest BCUT2D eigenvalue weighted by molar-refractivity contribution is -0.00178. The number of nitrogens with zero attached hydrogens (tertiary/aromatic N) is 3. The Bertz CT molecular complexity index is 1010. The Balaban J connectivity index is 1.50. The van der Waals surface area contributed by atoms with Crippen LogP contribution < -0.4 is 4.74 Å². The molecule has 144 valence electrons. The number of likely N-dealkylation sites (tertiary alicyclic amines) is 1. The number of fused-ring (bicyclic) bond motifs is 4. The molecule has 6 nitrogen and oxygen atoms in total. The van der Waals surface area contributed by atoms with E-state index >= 15 is 0 Å². The van der Waals surface area contributed by atoms with Crippen molar-refractivity contribution in [1.29, 1.82) is 0 Å². The summed E-state index contributed by atoms with van der Waals surface area (Å²) >= 11 is 0. The number of aromatic nitrogens is 2. The second kappa shape index (κ2) is 6.26. The molecule has 0 aliphatic carbocycles. The number of furan rings is 1. The number of ether oxygens (including phenoxy) is 1. The normalized spacial score (nSPS) is 17.3. The number of hydrogen-bond acceptors (Lipinski definition) is 4. The van der Waals surface area contributed by atoms with Crippen LogP contribution in [-0.2, 0) is 5.60 Å². The fourth-order valence-corrected chi connectivity index (χ4v) is 4.38. The molecule has 0 bridgehead atoms. The third-order valence-corrected chi connectivity index (χ3v) is 5.85. The molecular formula is C22H23N3O3. The van der Waals surface area contributed by atoms with E-state index in [0.29, 0.717) is 18.7 Å². The first-order chi connectivity index (χ1) is 13.6. The minimum atomic E-state index is -0.440. The molecule has 1 amide bonds. The van der Waals surface area contributed by atoms with Crippen LogP contribution in [0.1, 0.15) is 48.7 Å². The van der Waals surface area contributed by atoms with E-state index in [0.717, 1.165) is 35.4 Å². The number of benzene rings is 1. The van der Waals surface area contributed by atoms with Crippen molar-refractivity contribution in [2.45, 2.75) is 38.3 Å². The van der Waals surface area contributed by atoms with Crippen LogP contribution in [0.2, 0.25) is 0 Å². The van der Waals surface area contributed by atoms with Crippen molar-refractivity contribution in [1.82, 2.24) is 14.7 Å².